The number of thioether (sulfide) groups is 1. The highest BCUT2D eigenvalue weighted by Gasteiger charge is 2.46. The highest BCUT2D eigenvalue weighted by molar-refractivity contribution is 8.14. The molecule has 7 heteroatoms. The number of carbonyl (C=O) groups is 1. The van der Waals surface area contributed by atoms with E-state index in [2.05, 4.69) is 64.0 Å². The Hall–Kier alpha value is -3.45. The van der Waals surface area contributed by atoms with E-state index in [4.69, 9.17) is 0 Å². The number of benzene rings is 2. The first kappa shape index (κ1) is 23.0. The van der Waals surface area contributed by atoms with Gasteiger partial charge >= 0.3 is 0 Å². The van der Waals surface area contributed by atoms with E-state index in [0.29, 0.717) is 5.92 Å². The molecule has 0 spiro atoms. The molecular formula is C29H29N5OS. The summed E-state index contributed by atoms with van der Waals surface area (Å²) < 4.78 is 1.94. The Morgan fingerprint density at radius 3 is 2.89 bits per heavy atom. The van der Waals surface area contributed by atoms with E-state index in [-0.39, 0.29) is 22.4 Å². The first-order chi connectivity index (χ1) is 17.6. The fourth-order valence-corrected chi connectivity index (χ4v) is 7.07. The van der Waals surface area contributed by atoms with Crippen molar-refractivity contribution in [3.05, 3.63) is 90.8 Å². The van der Waals surface area contributed by atoms with Crippen LogP contribution in [0.1, 0.15) is 29.2 Å². The number of pyridine rings is 1. The van der Waals surface area contributed by atoms with Crippen molar-refractivity contribution in [1.82, 2.24) is 24.9 Å². The van der Waals surface area contributed by atoms with Crippen LogP contribution in [0.3, 0.4) is 0 Å². The Kier molecular flexibility index (Phi) is 6.09. The van der Waals surface area contributed by atoms with Crippen LogP contribution in [-0.4, -0.2) is 42.7 Å². The summed E-state index contributed by atoms with van der Waals surface area (Å²) >= 11 is 1.48. The molecule has 2 aromatic heterocycles. The quantitative estimate of drug-likeness (QED) is 0.294. The zero-order valence-electron chi connectivity index (χ0n) is 20.3. The summed E-state index contributed by atoms with van der Waals surface area (Å²) in [5, 5.41) is 10.2. The molecule has 0 radical (unpaired) electrons. The molecule has 2 aliphatic rings. The zero-order chi connectivity index (χ0) is 24.6. The second-order valence-electron chi connectivity index (χ2n) is 9.86. The molecule has 2 aliphatic heterocycles. The molecule has 0 saturated carbocycles. The Labute approximate surface area is 215 Å². The van der Waals surface area contributed by atoms with Gasteiger partial charge in [0.25, 0.3) is 5.24 Å². The molecule has 1 amide bonds. The third-order valence-corrected chi connectivity index (χ3v) is 8.91. The second-order valence-corrected chi connectivity index (χ2v) is 11.0. The van der Waals surface area contributed by atoms with Gasteiger partial charge in [0.05, 0.1) is 17.0 Å². The molecule has 6 nitrogen and oxygen atoms in total. The lowest BCUT2D eigenvalue weighted by molar-refractivity contribution is 0.129. The molecule has 182 valence electrons. The van der Waals surface area contributed by atoms with Crippen LogP contribution in [0.2, 0.25) is 0 Å². The van der Waals surface area contributed by atoms with Gasteiger partial charge in [-0.1, -0.05) is 65.0 Å². The van der Waals surface area contributed by atoms with Gasteiger partial charge < -0.3 is 4.90 Å². The molecular weight excluding hydrogens is 466 g/mol. The van der Waals surface area contributed by atoms with Gasteiger partial charge in [0.15, 0.2) is 0 Å². The summed E-state index contributed by atoms with van der Waals surface area (Å²) in [6.45, 7) is 7.80. The van der Waals surface area contributed by atoms with Crippen molar-refractivity contribution in [2.75, 3.05) is 6.54 Å². The van der Waals surface area contributed by atoms with Gasteiger partial charge in [-0.05, 0) is 55.4 Å². The van der Waals surface area contributed by atoms with Crippen molar-refractivity contribution in [2.24, 2.45) is 11.8 Å². The topological polar surface area (TPSA) is 63.9 Å². The van der Waals surface area contributed by atoms with Crippen molar-refractivity contribution >= 4 is 27.9 Å². The monoisotopic (exact) mass is 495 g/mol. The summed E-state index contributed by atoms with van der Waals surface area (Å²) in [6, 6.07) is 18.8. The van der Waals surface area contributed by atoms with Gasteiger partial charge in [0.1, 0.15) is 5.69 Å². The molecule has 2 aromatic carbocycles. The molecule has 4 atom stereocenters. The third-order valence-electron chi connectivity index (χ3n) is 7.65. The number of piperidine rings is 1. The number of aromatic nitrogens is 4. The molecule has 2 fully saturated rings. The van der Waals surface area contributed by atoms with Crippen molar-refractivity contribution in [3.8, 4) is 11.3 Å². The van der Waals surface area contributed by atoms with E-state index in [1.165, 1.54) is 22.9 Å². The Morgan fingerprint density at radius 1 is 1.19 bits per heavy atom. The number of rotatable bonds is 6. The number of amides is 1. The van der Waals surface area contributed by atoms with E-state index in [9.17, 15) is 4.79 Å². The summed E-state index contributed by atoms with van der Waals surface area (Å²) in [5.41, 5.74) is 5.36. The van der Waals surface area contributed by atoms with Crippen molar-refractivity contribution in [3.63, 3.8) is 0 Å². The number of hydrogen-bond acceptors (Lipinski definition) is 5. The lowest BCUT2D eigenvalue weighted by atomic mass is 9.79. The van der Waals surface area contributed by atoms with Gasteiger partial charge in [-0.3, -0.25) is 14.5 Å². The van der Waals surface area contributed by atoms with Gasteiger partial charge in [-0.25, -0.2) is 0 Å². The minimum Gasteiger partial charge on any atom is -0.329 e. The zero-order valence-corrected chi connectivity index (χ0v) is 21.1. The van der Waals surface area contributed by atoms with Crippen LogP contribution < -0.4 is 0 Å². The maximum absolute atomic E-state index is 13.0. The summed E-state index contributed by atoms with van der Waals surface area (Å²) in [6.07, 6.45) is 7.89. The fourth-order valence-electron chi connectivity index (χ4n) is 5.74. The maximum Gasteiger partial charge on any atom is 0.282 e. The van der Waals surface area contributed by atoms with Crippen LogP contribution >= 0.6 is 11.8 Å². The van der Waals surface area contributed by atoms with E-state index in [0.717, 1.165) is 48.1 Å². The Balaban J connectivity index is 1.24. The number of aryl methyl sites for hydroxylation is 1. The van der Waals surface area contributed by atoms with Crippen LogP contribution in [0.4, 0.5) is 4.79 Å². The Morgan fingerprint density at radius 2 is 2.06 bits per heavy atom. The van der Waals surface area contributed by atoms with E-state index in [1.807, 2.05) is 47.4 Å². The molecule has 0 unspecified atom stereocenters. The van der Waals surface area contributed by atoms with Crippen LogP contribution in [0, 0.1) is 18.8 Å². The number of nitrogens with zero attached hydrogens (tertiary/aromatic N) is 5. The first-order valence-corrected chi connectivity index (χ1v) is 13.4. The molecule has 4 heterocycles. The maximum atomic E-state index is 13.0. The average Bonchev–Trinajstić information content (AvgIpc) is 3.51. The van der Waals surface area contributed by atoms with Gasteiger partial charge in [-0.2, -0.15) is 0 Å². The summed E-state index contributed by atoms with van der Waals surface area (Å²) in [5.74, 6) is 0.687. The molecule has 2 saturated heterocycles. The molecule has 0 N–H and O–H groups in total. The highest BCUT2D eigenvalue weighted by atomic mass is 32.2. The van der Waals surface area contributed by atoms with Gasteiger partial charge in [0, 0.05) is 36.3 Å². The van der Waals surface area contributed by atoms with E-state index < -0.39 is 0 Å². The molecule has 0 bridgehead atoms. The van der Waals surface area contributed by atoms with Crippen molar-refractivity contribution in [1.29, 1.82) is 0 Å². The summed E-state index contributed by atoms with van der Waals surface area (Å²) in [7, 11) is 0. The molecule has 4 aromatic rings. The minimum absolute atomic E-state index is 0.106. The van der Waals surface area contributed by atoms with E-state index >= 15 is 0 Å². The number of fused-ring (bicyclic) bond motifs is 2. The van der Waals surface area contributed by atoms with Crippen molar-refractivity contribution in [2.45, 2.75) is 37.6 Å². The highest BCUT2D eigenvalue weighted by Crippen LogP contribution is 2.50. The predicted molar refractivity (Wildman–Crippen MR) is 145 cm³/mol. The number of carbonyl (C=O) groups excluding carboxylic acids is 1. The number of hydrogen-bond donors (Lipinski definition) is 0. The van der Waals surface area contributed by atoms with Crippen molar-refractivity contribution < 1.29 is 4.79 Å². The normalized spacial score (nSPS) is 22.5. The predicted octanol–water partition coefficient (Wildman–Crippen LogP) is 6.29. The van der Waals surface area contributed by atoms with Crippen LogP contribution in [0.5, 0.6) is 0 Å². The SMILES string of the molecule is C=C[C@@H](Cn1cc(-c2ccccc2)nn1)[C@H]1CCN2C(=O)S[C@@H](c3ccnc4ccc(C)cc34)[C@@H]2C1. The first-order valence-electron chi connectivity index (χ1n) is 12.5. The standard InChI is InChI=1S/C29H29N5OS/c1-3-20(17-33-18-26(31-32-33)21-7-5-4-6-8-21)22-12-14-34-27(16-22)28(36-29(34)35)23-11-13-30-25-10-9-19(2)15-24(23)25/h3-11,13,15,18,20,22,27-28H,1,12,14,16-17H2,2H3/t20-,22-,27-,28-/m0/s1. The largest absolute Gasteiger partial charge is 0.329 e. The fraction of sp³-hybridized carbons (Fsp3) is 0.310. The number of allylic oxidation sites excluding steroid dienone is 1. The molecule has 0 aliphatic carbocycles. The molecule has 36 heavy (non-hydrogen) atoms. The molecule has 6 rings (SSSR count). The summed E-state index contributed by atoms with van der Waals surface area (Å²) in [4.78, 5) is 19.7. The van der Waals surface area contributed by atoms with E-state index in [1.54, 1.807) is 0 Å². The third kappa shape index (κ3) is 4.22. The van der Waals surface area contributed by atoms with Gasteiger partial charge in [0.2, 0.25) is 0 Å². The Bertz CT molecular complexity index is 1420. The smallest absolute Gasteiger partial charge is 0.282 e. The lowest BCUT2D eigenvalue weighted by Gasteiger charge is -2.39. The van der Waals surface area contributed by atoms with Crippen LogP contribution in [0.25, 0.3) is 22.2 Å². The average molecular weight is 496 g/mol. The second kappa shape index (κ2) is 9.54. The van der Waals surface area contributed by atoms with Gasteiger partial charge in [-0.15, -0.1) is 11.7 Å². The minimum atomic E-state index is 0.106. The lowest BCUT2D eigenvalue weighted by Crippen LogP contribution is -2.43. The van der Waals surface area contributed by atoms with Crippen LogP contribution in [0.15, 0.2) is 79.6 Å². The van der Waals surface area contributed by atoms with Crippen LogP contribution in [-0.2, 0) is 6.54 Å².